The number of benzene rings is 2. The van der Waals surface area contributed by atoms with Crippen LogP contribution in [0.3, 0.4) is 0 Å². The highest BCUT2D eigenvalue weighted by atomic mass is 16.6. The first-order valence-corrected chi connectivity index (χ1v) is 16.8. The number of aliphatic hydroxyl groups excluding tert-OH is 3. The summed E-state index contributed by atoms with van der Waals surface area (Å²) in [5.74, 6) is -4.90. The van der Waals surface area contributed by atoms with E-state index in [1.54, 1.807) is 69.3 Å². The molecule has 0 amide bonds. The van der Waals surface area contributed by atoms with Gasteiger partial charge in [-0.3, -0.25) is 9.59 Å². The number of hydrogen-bond acceptors (Lipinski definition) is 12. The molecular weight excluding hydrogens is 648 g/mol. The molecule has 6 rings (SSSR count). The maximum absolute atomic E-state index is 14.8. The van der Waals surface area contributed by atoms with Gasteiger partial charge in [0.25, 0.3) is 0 Å². The van der Waals surface area contributed by atoms with Gasteiger partial charge in [-0.15, -0.1) is 0 Å². The van der Waals surface area contributed by atoms with Crippen LogP contribution in [0.4, 0.5) is 0 Å². The quantitative estimate of drug-likeness (QED) is 0.189. The highest BCUT2D eigenvalue weighted by Crippen LogP contribution is 2.64. The van der Waals surface area contributed by atoms with Gasteiger partial charge in [-0.1, -0.05) is 62.4 Å². The first-order chi connectivity index (χ1) is 23.5. The van der Waals surface area contributed by atoms with E-state index in [4.69, 9.17) is 18.9 Å². The molecule has 10 atom stereocenters. The Morgan fingerprint density at radius 2 is 1.60 bits per heavy atom. The number of ether oxygens (including phenoxy) is 4. The van der Waals surface area contributed by atoms with Crippen LogP contribution in [0.5, 0.6) is 0 Å². The molecule has 1 unspecified atom stereocenters. The van der Waals surface area contributed by atoms with E-state index in [-0.39, 0.29) is 36.2 Å². The highest BCUT2D eigenvalue weighted by molar-refractivity contribution is 5.94. The molecule has 0 radical (unpaired) electrons. The molecule has 2 saturated carbocycles. The fraction of sp³-hybridized carbons (Fsp3) is 0.526. The minimum atomic E-state index is -2.24. The number of Topliss-reactive ketones (excluding diaryl/α,β-unsaturated/α-hetero) is 1. The molecule has 3 aliphatic carbocycles. The van der Waals surface area contributed by atoms with Crippen LogP contribution in [0, 0.1) is 16.7 Å². The second kappa shape index (κ2) is 12.7. The number of rotatable bonds is 7. The van der Waals surface area contributed by atoms with Crippen molar-refractivity contribution < 1.29 is 58.6 Å². The zero-order chi connectivity index (χ0) is 36.4. The van der Waals surface area contributed by atoms with E-state index in [0.717, 1.165) is 0 Å². The fourth-order valence-corrected chi connectivity index (χ4v) is 8.91. The Morgan fingerprint density at radius 3 is 2.18 bits per heavy atom. The van der Waals surface area contributed by atoms with E-state index in [0.29, 0.717) is 5.56 Å². The molecule has 0 spiro atoms. The van der Waals surface area contributed by atoms with Crippen LogP contribution in [0.15, 0.2) is 71.8 Å². The number of esters is 3. The van der Waals surface area contributed by atoms with Crippen LogP contribution >= 0.6 is 0 Å². The van der Waals surface area contributed by atoms with Crippen molar-refractivity contribution in [2.45, 2.75) is 102 Å². The van der Waals surface area contributed by atoms with Crippen molar-refractivity contribution >= 4 is 23.7 Å². The summed E-state index contributed by atoms with van der Waals surface area (Å²) < 4.78 is 23.9. The van der Waals surface area contributed by atoms with Crippen molar-refractivity contribution in [1.82, 2.24) is 0 Å². The van der Waals surface area contributed by atoms with Crippen LogP contribution in [-0.4, -0.2) is 98.6 Å². The SMILES string of the molecule is CC(=O)O[C@@]12COC1C[C@H](O)[C@@]1(C)C(=O)[C@H](O)C3=C(C)[C@@H](OC(=O)[C@H](O)Cc4ccccc4)C[C@@](O)([C@@H](OC(=O)c4ccccc4)[C@@H]12)C3(C)C. The van der Waals surface area contributed by atoms with Gasteiger partial charge in [0, 0.05) is 31.6 Å². The average Bonchev–Trinajstić information content (AvgIpc) is 3.07. The number of hydrogen-bond donors (Lipinski definition) is 4. The topological polar surface area (TPSA) is 186 Å². The smallest absolute Gasteiger partial charge is 0.338 e. The lowest BCUT2D eigenvalue weighted by Gasteiger charge is -2.67. The Morgan fingerprint density at radius 1 is 0.980 bits per heavy atom. The van der Waals surface area contributed by atoms with Crippen LogP contribution in [-0.2, 0) is 39.8 Å². The molecule has 0 aromatic heterocycles. The third-order valence-corrected chi connectivity index (χ3v) is 11.7. The molecule has 2 aromatic carbocycles. The van der Waals surface area contributed by atoms with Gasteiger partial charge in [0.15, 0.2) is 17.5 Å². The van der Waals surface area contributed by atoms with Crippen LogP contribution in [0.1, 0.15) is 63.4 Å². The summed E-state index contributed by atoms with van der Waals surface area (Å²) in [6.07, 6.45) is -9.52. The lowest BCUT2D eigenvalue weighted by Crippen LogP contribution is -2.81. The third-order valence-electron chi connectivity index (χ3n) is 11.7. The van der Waals surface area contributed by atoms with Gasteiger partial charge in [-0.25, -0.2) is 9.59 Å². The summed E-state index contributed by atoms with van der Waals surface area (Å²) in [5.41, 5.74) is -6.29. The van der Waals surface area contributed by atoms with Crippen LogP contribution in [0.2, 0.25) is 0 Å². The van der Waals surface area contributed by atoms with Crippen molar-refractivity contribution in [3.05, 3.63) is 82.9 Å². The predicted octanol–water partition coefficient (Wildman–Crippen LogP) is 2.24. The van der Waals surface area contributed by atoms with E-state index in [9.17, 15) is 39.6 Å². The number of ketones is 1. The average molecular weight is 693 g/mol. The van der Waals surface area contributed by atoms with Gasteiger partial charge in [0.2, 0.25) is 0 Å². The minimum absolute atomic E-state index is 0.0211. The number of carbonyl (C=O) groups excluding carboxylic acids is 4. The molecule has 12 nitrogen and oxygen atoms in total. The van der Waals surface area contributed by atoms with Gasteiger partial charge < -0.3 is 39.4 Å². The molecule has 1 aliphatic heterocycles. The molecule has 12 heteroatoms. The Labute approximate surface area is 290 Å². The van der Waals surface area contributed by atoms with Gasteiger partial charge in [0.05, 0.1) is 29.6 Å². The molecule has 2 aromatic rings. The molecule has 2 bridgehead atoms. The summed E-state index contributed by atoms with van der Waals surface area (Å²) in [6.45, 7) is 7.09. The summed E-state index contributed by atoms with van der Waals surface area (Å²) in [6, 6.07) is 16.8. The van der Waals surface area contributed by atoms with Crippen molar-refractivity contribution in [3.8, 4) is 0 Å². The van der Waals surface area contributed by atoms with Crippen LogP contribution < -0.4 is 0 Å². The number of aliphatic hydroxyl groups is 4. The Kier molecular flexibility index (Phi) is 9.10. The molecule has 1 saturated heterocycles. The number of carbonyl (C=O) groups is 4. The zero-order valence-electron chi connectivity index (χ0n) is 28.7. The first-order valence-electron chi connectivity index (χ1n) is 16.8. The van der Waals surface area contributed by atoms with E-state index >= 15 is 0 Å². The monoisotopic (exact) mass is 692 g/mol. The molecule has 4 N–H and O–H groups in total. The number of fused-ring (bicyclic) bond motifs is 5. The molecular formula is C38H44O12. The molecule has 268 valence electrons. The highest BCUT2D eigenvalue weighted by Gasteiger charge is 2.78. The van der Waals surface area contributed by atoms with Gasteiger partial charge in [-0.05, 0) is 42.7 Å². The van der Waals surface area contributed by atoms with Crippen molar-refractivity contribution in [2.24, 2.45) is 16.7 Å². The Hall–Kier alpha value is -3.94. The van der Waals surface area contributed by atoms with E-state index < -0.39 is 94.7 Å². The lowest BCUT2D eigenvalue weighted by molar-refractivity contribution is -0.346. The second-order valence-corrected chi connectivity index (χ2v) is 14.8. The molecule has 1 heterocycles. The zero-order valence-corrected chi connectivity index (χ0v) is 28.7. The lowest BCUT2D eigenvalue weighted by atomic mass is 9.44. The maximum Gasteiger partial charge on any atom is 0.338 e. The van der Waals surface area contributed by atoms with Crippen molar-refractivity contribution in [2.75, 3.05) is 6.61 Å². The Bertz CT molecular complexity index is 1700. The second-order valence-electron chi connectivity index (χ2n) is 14.8. The maximum atomic E-state index is 14.8. The summed E-state index contributed by atoms with van der Waals surface area (Å²) in [5, 5.41) is 47.8. The van der Waals surface area contributed by atoms with E-state index in [1.165, 1.54) is 26.0 Å². The van der Waals surface area contributed by atoms with Gasteiger partial charge in [-0.2, -0.15) is 0 Å². The molecule has 4 aliphatic rings. The van der Waals surface area contributed by atoms with E-state index in [2.05, 4.69) is 0 Å². The largest absolute Gasteiger partial charge is 0.456 e. The minimum Gasteiger partial charge on any atom is -0.456 e. The van der Waals surface area contributed by atoms with Gasteiger partial charge in [0.1, 0.15) is 30.0 Å². The molecule has 50 heavy (non-hydrogen) atoms. The summed E-state index contributed by atoms with van der Waals surface area (Å²) in [7, 11) is 0. The van der Waals surface area contributed by atoms with E-state index in [1.807, 2.05) is 0 Å². The normalized spacial score (nSPS) is 36.4. The first kappa shape index (κ1) is 35.9. The van der Waals surface area contributed by atoms with Crippen molar-refractivity contribution in [1.29, 1.82) is 0 Å². The van der Waals surface area contributed by atoms with Gasteiger partial charge >= 0.3 is 17.9 Å². The summed E-state index contributed by atoms with van der Waals surface area (Å²) in [4.78, 5) is 54.8. The molecule has 3 fully saturated rings. The fourth-order valence-electron chi connectivity index (χ4n) is 8.91. The van der Waals surface area contributed by atoms with Crippen molar-refractivity contribution in [3.63, 3.8) is 0 Å². The predicted molar refractivity (Wildman–Crippen MR) is 175 cm³/mol. The third kappa shape index (κ3) is 5.39. The Balaban J connectivity index is 1.52. The standard InChI is InChI=1S/C38H44O12/c1-20-25(48-34(45)24(40)16-22-12-8-6-9-13-22)18-38(46)32(49-33(44)23-14-10-7-11-15-23)30-36(5,31(43)29(42)28(20)35(38,3)4)26(41)17-27-37(30,19-47-27)50-21(2)39/h6-15,24-27,29-30,32,40-42,46H,16-19H2,1-5H3/t24-,25+,26+,27?,29-,30+,32+,36-,37+,38-/m1/s1. The van der Waals surface area contributed by atoms with Crippen LogP contribution in [0.25, 0.3) is 0 Å². The summed E-state index contributed by atoms with van der Waals surface area (Å²) >= 11 is 0.